The van der Waals surface area contributed by atoms with Crippen LogP contribution in [0.25, 0.3) is 0 Å². The second kappa shape index (κ2) is 8.54. The minimum Gasteiger partial charge on any atom is -0.497 e. The molecule has 0 spiro atoms. The van der Waals surface area contributed by atoms with Gasteiger partial charge in [-0.1, -0.05) is 6.07 Å². The Labute approximate surface area is 184 Å². The molecule has 164 valence electrons. The van der Waals surface area contributed by atoms with E-state index in [4.69, 9.17) is 4.74 Å². The summed E-state index contributed by atoms with van der Waals surface area (Å²) >= 11 is 0. The number of amides is 2. The summed E-state index contributed by atoms with van der Waals surface area (Å²) in [6, 6.07) is 12.6. The number of H-pyrrole nitrogens is 1. The molecule has 2 heterocycles. The number of fused-ring (bicyclic) bond motifs is 1. The van der Waals surface area contributed by atoms with Gasteiger partial charge in [0, 0.05) is 17.8 Å². The van der Waals surface area contributed by atoms with E-state index in [0.717, 1.165) is 11.1 Å². The van der Waals surface area contributed by atoms with E-state index < -0.39 is 17.4 Å². The minimum atomic E-state index is -0.952. The van der Waals surface area contributed by atoms with Crippen molar-refractivity contribution in [2.45, 2.75) is 26.2 Å². The van der Waals surface area contributed by atoms with E-state index >= 15 is 0 Å². The lowest BCUT2D eigenvalue weighted by Crippen LogP contribution is -2.36. The summed E-state index contributed by atoms with van der Waals surface area (Å²) in [5.41, 5.74) is 3.03. The number of anilines is 4. The first kappa shape index (κ1) is 21.1. The molecule has 1 aromatic heterocycles. The first-order valence-corrected chi connectivity index (χ1v) is 10.1. The van der Waals surface area contributed by atoms with Gasteiger partial charge in [0.1, 0.15) is 11.6 Å². The fourth-order valence-electron chi connectivity index (χ4n) is 3.51. The monoisotopic (exact) mass is 433 g/mol. The molecule has 9 nitrogen and oxygen atoms in total. The van der Waals surface area contributed by atoms with Gasteiger partial charge in [-0.2, -0.15) is 4.98 Å². The lowest BCUT2D eigenvalue weighted by molar-refractivity contribution is -0.123. The van der Waals surface area contributed by atoms with Crippen molar-refractivity contribution in [2.75, 3.05) is 23.1 Å². The molecule has 1 unspecified atom stereocenters. The van der Waals surface area contributed by atoms with Gasteiger partial charge in [0.05, 0.1) is 18.6 Å². The lowest BCUT2D eigenvalue weighted by atomic mass is 9.92. The second-order valence-electron chi connectivity index (χ2n) is 7.62. The van der Waals surface area contributed by atoms with Gasteiger partial charge in [-0.05, 0) is 61.4 Å². The number of carbonyl (C=O) groups is 2. The fraction of sp³-hybridized carbons (Fsp3) is 0.217. The molecule has 4 N–H and O–H groups in total. The highest BCUT2D eigenvalue weighted by Crippen LogP contribution is 2.30. The highest BCUT2D eigenvalue weighted by molar-refractivity contribution is 6.04. The van der Waals surface area contributed by atoms with Crippen molar-refractivity contribution in [3.63, 3.8) is 0 Å². The van der Waals surface area contributed by atoms with Crippen molar-refractivity contribution < 1.29 is 14.3 Å². The van der Waals surface area contributed by atoms with Crippen LogP contribution in [0, 0.1) is 13.8 Å². The SMILES string of the molecule is COc1ccc(Nc2nc3c(c(=O)[nH]2)C(C(=O)Nc2ccc(C)c(C)c2)CC(=O)N3)cc1. The summed E-state index contributed by atoms with van der Waals surface area (Å²) in [6.07, 6.45) is -0.139. The predicted octanol–water partition coefficient (Wildman–Crippen LogP) is 3.20. The number of ether oxygens (including phenoxy) is 1. The summed E-state index contributed by atoms with van der Waals surface area (Å²) < 4.78 is 5.13. The number of aromatic amines is 1. The third-order valence-corrected chi connectivity index (χ3v) is 5.39. The van der Waals surface area contributed by atoms with Crippen molar-refractivity contribution >= 4 is 35.0 Å². The van der Waals surface area contributed by atoms with Crippen LogP contribution in [0.5, 0.6) is 5.75 Å². The molecule has 3 aromatic rings. The van der Waals surface area contributed by atoms with Gasteiger partial charge in [0.25, 0.3) is 5.56 Å². The molecule has 0 saturated carbocycles. The van der Waals surface area contributed by atoms with E-state index in [-0.39, 0.29) is 29.7 Å². The zero-order valence-electron chi connectivity index (χ0n) is 17.9. The van der Waals surface area contributed by atoms with Gasteiger partial charge in [-0.15, -0.1) is 0 Å². The molecule has 2 aromatic carbocycles. The van der Waals surface area contributed by atoms with Gasteiger partial charge >= 0.3 is 0 Å². The number of aryl methyl sites for hydroxylation is 2. The van der Waals surface area contributed by atoms with Gasteiger partial charge in [-0.3, -0.25) is 19.4 Å². The first-order chi connectivity index (χ1) is 15.3. The van der Waals surface area contributed by atoms with Crippen LogP contribution in [0.2, 0.25) is 0 Å². The number of aromatic nitrogens is 2. The second-order valence-corrected chi connectivity index (χ2v) is 7.62. The van der Waals surface area contributed by atoms with Crippen molar-refractivity contribution in [1.82, 2.24) is 9.97 Å². The topological polar surface area (TPSA) is 125 Å². The number of nitrogens with zero attached hydrogens (tertiary/aromatic N) is 1. The summed E-state index contributed by atoms with van der Waals surface area (Å²) in [7, 11) is 1.57. The number of benzene rings is 2. The standard InChI is InChI=1S/C23H23N5O4/c1-12-4-5-15(10-13(12)2)24-21(30)17-11-18(29)26-20-19(17)22(31)28-23(27-20)25-14-6-8-16(32-3)9-7-14/h4-10,17H,11H2,1-3H3,(H,24,30)(H3,25,26,27,28,29,31). The van der Waals surface area contributed by atoms with E-state index in [1.54, 1.807) is 37.4 Å². The number of carbonyl (C=O) groups excluding carboxylic acids is 2. The van der Waals surface area contributed by atoms with Crippen LogP contribution in [0.15, 0.2) is 47.3 Å². The molecule has 0 fully saturated rings. The van der Waals surface area contributed by atoms with Gasteiger partial charge in [-0.25, -0.2) is 0 Å². The summed E-state index contributed by atoms with van der Waals surface area (Å²) in [4.78, 5) is 45.1. The quantitative estimate of drug-likeness (QED) is 0.490. The van der Waals surface area contributed by atoms with E-state index in [2.05, 4.69) is 25.9 Å². The number of nitrogens with one attached hydrogen (secondary N) is 4. The Balaban J connectivity index is 1.61. The predicted molar refractivity (Wildman–Crippen MR) is 122 cm³/mol. The molecule has 0 aliphatic carbocycles. The van der Waals surface area contributed by atoms with E-state index in [1.807, 2.05) is 26.0 Å². The van der Waals surface area contributed by atoms with Crippen LogP contribution in [0.3, 0.4) is 0 Å². The average molecular weight is 433 g/mol. The molecule has 2 amide bonds. The Hall–Kier alpha value is -4.14. The molecule has 1 aliphatic heterocycles. The first-order valence-electron chi connectivity index (χ1n) is 10.1. The highest BCUT2D eigenvalue weighted by Gasteiger charge is 2.34. The molecule has 32 heavy (non-hydrogen) atoms. The smallest absolute Gasteiger partial charge is 0.258 e. The molecule has 9 heteroatoms. The third-order valence-electron chi connectivity index (χ3n) is 5.39. The maximum Gasteiger partial charge on any atom is 0.258 e. The molecule has 0 radical (unpaired) electrons. The Morgan fingerprint density at radius 1 is 1.06 bits per heavy atom. The number of hydrogen-bond donors (Lipinski definition) is 4. The van der Waals surface area contributed by atoms with Crippen molar-refractivity contribution in [2.24, 2.45) is 0 Å². The van der Waals surface area contributed by atoms with Gasteiger partial charge in [0.2, 0.25) is 17.8 Å². The average Bonchev–Trinajstić information content (AvgIpc) is 2.76. The molecule has 0 saturated heterocycles. The van der Waals surface area contributed by atoms with Crippen molar-refractivity contribution in [1.29, 1.82) is 0 Å². The molecule has 1 aliphatic rings. The third kappa shape index (κ3) is 4.31. The summed E-state index contributed by atoms with van der Waals surface area (Å²) in [5.74, 6) is -0.867. The van der Waals surface area contributed by atoms with E-state index in [0.29, 0.717) is 17.1 Å². The molecule has 1 atom stereocenters. The maximum absolute atomic E-state index is 13.0. The largest absolute Gasteiger partial charge is 0.497 e. The van der Waals surface area contributed by atoms with Crippen LogP contribution >= 0.6 is 0 Å². The number of methoxy groups -OCH3 is 1. The molecular weight excluding hydrogens is 410 g/mol. The van der Waals surface area contributed by atoms with Crippen LogP contribution in [0.4, 0.5) is 23.1 Å². The Morgan fingerprint density at radius 2 is 1.78 bits per heavy atom. The maximum atomic E-state index is 13.0. The van der Waals surface area contributed by atoms with Crippen molar-refractivity contribution in [3.05, 3.63) is 69.5 Å². The Morgan fingerprint density at radius 3 is 2.47 bits per heavy atom. The summed E-state index contributed by atoms with van der Waals surface area (Å²) in [5, 5.41) is 8.39. The van der Waals surface area contributed by atoms with Crippen LogP contribution in [-0.2, 0) is 9.59 Å². The zero-order valence-corrected chi connectivity index (χ0v) is 17.9. The normalized spacial score (nSPS) is 14.8. The zero-order chi connectivity index (χ0) is 22.8. The highest BCUT2D eigenvalue weighted by atomic mass is 16.5. The number of hydrogen-bond acceptors (Lipinski definition) is 6. The fourth-order valence-corrected chi connectivity index (χ4v) is 3.51. The van der Waals surface area contributed by atoms with Gasteiger partial charge in [0.15, 0.2) is 0 Å². The minimum absolute atomic E-state index is 0.0706. The lowest BCUT2D eigenvalue weighted by Gasteiger charge is -2.23. The van der Waals surface area contributed by atoms with Crippen molar-refractivity contribution in [3.8, 4) is 5.75 Å². The van der Waals surface area contributed by atoms with Crippen LogP contribution < -0.4 is 26.2 Å². The molecular formula is C23H23N5O4. The molecule has 4 rings (SSSR count). The Kier molecular flexibility index (Phi) is 5.63. The Bertz CT molecular complexity index is 1250. The van der Waals surface area contributed by atoms with Crippen LogP contribution in [0.1, 0.15) is 29.0 Å². The molecule has 0 bridgehead atoms. The van der Waals surface area contributed by atoms with E-state index in [1.165, 1.54) is 0 Å². The van der Waals surface area contributed by atoms with Crippen LogP contribution in [-0.4, -0.2) is 28.9 Å². The number of rotatable bonds is 5. The van der Waals surface area contributed by atoms with E-state index in [9.17, 15) is 14.4 Å². The van der Waals surface area contributed by atoms with Gasteiger partial charge < -0.3 is 20.7 Å². The summed E-state index contributed by atoms with van der Waals surface area (Å²) in [6.45, 7) is 3.92.